The Labute approximate surface area is 208 Å². The molecule has 0 bridgehead atoms. The number of rotatable bonds is 8. The van der Waals surface area contributed by atoms with Crippen molar-refractivity contribution in [3.05, 3.63) is 106 Å². The summed E-state index contributed by atoms with van der Waals surface area (Å²) in [5.74, 6) is -5.14. The summed E-state index contributed by atoms with van der Waals surface area (Å²) in [4.78, 5) is 24.0. The molecule has 2 atom stereocenters. The molecule has 0 aliphatic heterocycles. The number of aliphatic carboxylic acids is 1. The number of hydrogen-bond acceptors (Lipinski definition) is 2. The number of nitrogens with one attached hydrogen (secondary N) is 1. The Bertz CT molecular complexity index is 1300. The Balaban J connectivity index is 1.84. The van der Waals surface area contributed by atoms with Crippen molar-refractivity contribution in [1.29, 1.82) is 0 Å². The SMILES string of the molecule is O=C(N[C@@H](Cc1cccc(Cc2ccc(C(F)(F)F)cc2C(F)(F)P)c1)C(=O)O)c1c(F)cccc1F. The first-order valence-corrected chi connectivity index (χ1v) is 11.2. The first kappa shape index (κ1) is 28.1. The molecular formula is C25H19F7NO3P. The van der Waals surface area contributed by atoms with E-state index in [1.54, 1.807) is 0 Å². The van der Waals surface area contributed by atoms with Crippen molar-refractivity contribution in [3.8, 4) is 0 Å². The van der Waals surface area contributed by atoms with E-state index in [0.717, 1.165) is 24.3 Å². The Kier molecular flexibility index (Phi) is 8.27. The number of hydrogen-bond donors (Lipinski definition) is 2. The van der Waals surface area contributed by atoms with Gasteiger partial charge in [0.05, 0.1) is 5.56 Å². The van der Waals surface area contributed by atoms with Gasteiger partial charge in [0, 0.05) is 12.0 Å². The number of carbonyl (C=O) groups is 2. The summed E-state index contributed by atoms with van der Waals surface area (Å²) < 4.78 is 95.0. The molecule has 3 aromatic rings. The number of benzene rings is 3. The van der Waals surface area contributed by atoms with Crippen molar-refractivity contribution in [2.75, 3.05) is 0 Å². The van der Waals surface area contributed by atoms with E-state index in [-0.39, 0.29) is 18.4 Å². The van der Waals surface area contributed by atoms with E-state index in [1.807, 2.05) is 0 Å². The molecular weight excluding hydrogens is 526 g/mol. The number of carbonyl (C=O) groups excluding carboxylic acids is 1. The third-order valence-electron chi connectivity index (χ3n) is 5.42. The van der Waals surface area contributed by atoms with Gasteiger partial charge in [0.25, 0.3) is 11.6 Å². The maximum atomic E-state index is 14.1. The molecule has 0 saturated carbocycles. The Morgan fingerprint density at radius 3 is 2.05 bits per heavy atom. The quantitative estimate of drug-likeness (QED) is 0.273. The highest BCUT2D eigenvalue weighted by molar-refractivity contribution is 7.17. The van der Waals surface area contributed by atoms with Crippen LogP contribution >= 0.6 is 9.24 Å². The van der Waals surface area contributed by atoms with Crippen LogP contribution in [0.2, 0.25) is 0 Å². The Hall–Kier alpha value is -3.46. The van der Waals surface area contributed by atoms with Crippen molar-refractivity contribution < 1.29 is 45.4 Å². The van der Waals surface area contributed by atoms with Crippen LogP contribution in [0.15, 0.2) is 60.7 Å². The van der Waals surface area contributed by atoms with E-state index in [1.165, 1.54) is 33.5 Å². The van der Waals surface area contributed by atoms with Gasteiger partial charge in [-0.25, -0.2) is 13.6 Å². The number of amides is 1. The number of carboxylic acids is 1. The zero-order valence-corrected chi connectivity index (χ0v) is 19.9. The summed E-state index contributed by atoms with van der Waals surface area (Å²) in [6, 6.07) is 9.04. The Morgan fingerprint density at radius 1 is 0.892 bits per heavy atom. The number of alkyl halides is 5. The van der Waals surface area contributed by atoms with Crippen molar-refractivity contribution in [2.45, 2.75) is 30.7 Å². The number of halogens is 7. The lowest BCUT2D eigenvalue weighted by molar-refractivity contribution is -0.139. The van der Waals surface area contributed by atoms with Crippen LogP contribution in [-0.4, -0.2) is 23.0 Å². The van der Waals surface area contributed by atoms with E-state index in [2.05, 4.69) is 5.32 Å². The first-order valence-electron chi connectivity index (χ1n) is 10.6. The highest BCUT2D eigenvalue weighted by atomic mass is 31.0. The Morgan fingerprint density at radius 2 is 1.49 bits per heavy atom. The fourth-order valence-electron chi connectivity index (χ4n) is 3.68. The van der Waals surface area contributed by atoms with Gasteiger partial charge in [0.2, 0.25) is 0 Å². The molecule has 12 heteroatoms. The standard InChI is InChI=1S/C25H19F7NO3P/c26-18-5-2-6-19(27)21(18)22(34)33-20(23(35)36)11-14-4-1-3-13(9-14)10-15-7-8-16(24(28,29)30)12-17(15)25(31,32)37/h1-9,12,20H,10-11,37H2,(H,33,34)(H,35,36)/t20-/m0/s1. The number of carboxylic acid groups (broad SMARTS) is 1. The summed E-state index contributed by atoms with van der Waals surface area (Å²) in [6.45, 7) is 0. The molecule has 0 spiro atoms. The summed E-state index contributed by atoms with van der Waals surface area (Å²) in [6.07, 6.45) is -5.34. The molecule has 37 heavy (non-hydrogen) atoms. The smallest absolute Gasteiger partial charge is 0.416 e. The van der Waals surface area contributed by atoms with E-state index in [9.17, 15) is 45.4 Å². The third kappa shape index (κ3) is 7.07. The van der Waals surface area contributed by atoms with Crippen molar-refractivity contribution in [1.82, 2.24) is 5.32 Å². The van der Waals surface area contributed by atoms with E-state index in [0.29, 0.717) is 23.3 Å². The zero-order chi connectivity index (χ0) is 27.5. The topological polar surface area (TPSA) is 66.4 Å². The average Bonchev–Trinajstić information content (AvgIpc) is 2.77. The second kappa shape index (κ2) is 10.9. The normalized spacial score (nSPS) is 12.8. The van der Waals surface area contributed by atoms with Crippen LogP contribution in [0.4, 0.5) is 30.7 Å². The molecule has 0 aromatic heterocycles. The van der Waals surface area contributed by atoms with Gasteiger partial charge in [-0.1, -0.05) is 45.6 Å². The molecule has 3 rings (SSSR count). The van der Waals surface area contributed by atoms with E-state index < -0.39 is 58.1 Å². The molecule has 0 saturated heterocycles. The molecule has 1 unspecified atom stereocenters. The van der Waals surface area contributed by atoms with E-state index in [4.69, 9.17) is 0 Å². The van der Waals surface area contributed by atoms with Crippen LogP contribution in [0.3, 0.4) is 0 Å². The lowest BCUT2D eigenvalue weighted by Crippen LogP contribution is -2.43. The lowest BCUT2D eigenvalue weighted by Gasteiger charge is -2.19. The third-order valence-corrected chi connectivity index (χ3v) is 5.73. The van der Waals surface area contributed by atoms with Gasteiger partial charge in [-0.05, 0) is 47.4 Å². The van der Waals surface area contributed by atoms with Gasteiger partial charge in [-0.3, -0.25) is 4.79 Å². The minimum atomic E-state index is -4.81. The molecule has 196 valence electrons. The van der Waals surface area contributed by atoms with Crippen LogP contribution < -0.4 is 5.32 Å². The van der Waals surface area contributed by atoms with Crippen LogP contribution in [-0.2, 0) is 29.5 Å². The summed E-state index contributed by atoms with van der Waals surface area (Å²) in [7, 11) is 1.21. The lowest BCUT2D eigenvalue weighted by atomic mass is 9.95. The van der Waals surface area contributed by atoms with E-state index >= 15 is 0 Å². The van der Waals surface area contributed by atoms with Crippen LogP contribution in [0.1, 0.15) is 38.2 Å². The highest BCUT2D eigenvalue weighted by Crippen LogP contribution is 2.41. The fourth-order valence-corrected chi connectivity index (χ4v) is 3.95. The molecule has 3 aromatic carbocycles. The monoisotopic (exact) mass is 545 g/mol. The van der Waals surface area contributed by atoms with Gasteiger partial charge in [0.1, 0.15) is 23.2 Å². The zero-order valence-electron chi connectivity index (χ0n) is 18.8. The van der Waals surface area contributed by atoms with Gasteiger partial charge in [-0.2, -0.15) is 22.0 Å². The fraction of sp³-hybridized carbons (Fsp3) is 0.200. The molecule has 1 amide bonds. The first-order chi connectivity index (χ1) is 17.2. The molecule has 0 aliphatic rings. The molecule has 0 heterocycles. The van der Waals surface area contributed by atoms with Crippen LogP contribution in [0.5, 0.6) is 0 Å². The maximum Gasteiger partial charge on any atom is 0.416 e. The van der Waals surface area contributed by atoms with Crippen LogP contribution in [0.25, 0.3) is 0 Å². The van der Waals surface area contributed by atoms with Gasteiger partial charge < -0.3 is 10.4 Å². The van der Waals surface area contributed by atoms with Crippen molar-refractivity contribution in [2.24, 2.45) is 0 Å². The minimum absolute atomic E-state index is 0.0803. The van der Waals surface area contributed by atoms with Crippen molar-refractivity contribution >= 4 is 21.1 Å². The minimum Gasteiger partial charge on any atom is -0.480 e. The predicted octanol–water partition coefficient (Wildman–Crippen LogP) is 5.92. The average molecular weight is 545 g/mol. The maximum absolute atomic E-state index is 14.1. The van der Waals surface area contributed by atoms with Crippen molar-refractivity contribution in [3.63, 3.8) is 0 Å². The summed E-state index contributed by atoms with van der Waals surface area (Å²) in [5.41, 5.74) is -6.03. The molecule has 4 nitrogen and oxygen atoms in total. The molecule has 0 aliphatic carbocycles. The summed E-state index contributed by atoms with van der Waals surface area (Å²) in [5, 5.41) is 11.6. The second-order valence-corrected chi connectivity index (χ2v) is 8.88. The molecule has 2 N–H and O–H groups in total. The molecule has 0 radical (unpaired) electrons. The second-order valence-electron chi connectivity index (χ2n) is 8.15. The van der Waals surface area contributed by atoms with Gasteiger partial charge in [-0.15, -0.1) is 0 Å². The van der Waals surface area contributed by atoms with Crippen LogP contribution in [0, 0.1) is 11.6 Å². The predicted molar refractivity (Wildman–Crippen MR) is 123 cm³/mol. The van der Waals surface area contributed by atoms with Gasteiger partial charge in [0.15, 0.2) is 0 Å². The van der Waals surface area contributed by atoms with Gasteiger partial charge >= 0.3 is 12.1 Å². The molecule has 0 fully saturated rings. The summed E-state index contributed by atoms with van der Waals surface area (Å²) >= 11 is 0. The largest absolute Gasteiger partial charge is 0.480 e. The highest BCUT2D eigenvalue weighted by Gasteiger charge is 2.35.